The molecule has 0 saturated heterocycles. The van der Waals surface area contributed by atoms with Gasteiger partial charge in [0.2, 0.25) is 11.1 Å². The minimum Gasteiger partial charge on any atom is -0.496 e. The van der Waals surface area contributed by atoms with E-state index < -0.39 is 4.92 Å². The second kappa shape index (κ2) is 8.61. The molecule has 1 aromatic heterocycles. The highest BCUT2D eigenvalue weighted by Gasteiger charge is 2.17. The van der Waals surface area contributed by atoms with E-state index in [4.69, 9.17) is 10.6 Å². The maximum absolute atomic E-state index is 12.2. The maximum Gasteiger partial charge on any atom is 0.274 e. The first-order chi connectivity index (χ1) is 13.9. The summed E-state index contributed by atoms with van der Waals surface area (Å²) in [6.07, 6.45) is 0. The molecule has 0 aliphatic heterocycles. The lowest BCUT2D eigenvalue weighted by atomic mass is 10.2. The fourth-order valence-corrected chi connectivity index (χ4v) is 3.26. The van der Waals surface area contributed by atoms with Crippen molar-refractivity contribution in [2.24, 2.45) is 0 Å². The molecule has 1 amide bonds. The van der Waals surface area contributed by atoms with Crippen LogP contribution in [0.4, 0.5) is 11.4 Å². The minimum atomic E-state index is -0.490. The second-order valence-electron chi connectivity index (χ2n) is 5.97. The van der Waals surface area contributed by atoms with Crippen LogP contribution in [-0.4, -0.2) is 38.6 Å². The molecule has 0 aliphatic rings. The van der Waals surface area contributed by atoms with E-state index in [9.17, 15) is 14.9 Å². The summed E-state index contributed by atoms with van der Waals surface area (Å²) in [7, 11) is 1.55. The van der Waals surface area contributed by atoms with Gasteiger partial charge >= 0.3 is 0 Å². The first-order valence-electron chi connectivity index (χ1n) is 8.42. The molecule has 3 N–H and O–H groups in total. The van der Waals surface area contributed by atoms with Gasteiger partial charge in [0, 0.05) is 17.3 Å². The standard InChI is InChI=1S/C18H18N6O4S/c1-11-7-8-12(9-14(11)24(26)27)20-16(25)10-29-18-22-21-17(23(18)19)13-5-3-4-6-15(13)28-2/h3-9H,10,19H2,1-2H3,(H,20,25). The summed E-state index contributed by atoms with van der Waals surface area (Å²) < 4.78 is 6.59. The van der Waals surface area contributed by atoms with Gasteiger partial charge in [-0.05, 0) is 25.1 Å². The van der Waals surface area contributed by atoms with E-state index in [0.717, 1.165) is 11.8 Å². The van der Waals surface area contributed by atoms with Gasteiger partial charge in [-0.25, -0.2) is 4.68 Å². The van der Waals surface area contributed by atoms with Crippen molar-refractivity contribution < 1.29 is 14.5 Å². The van der Waals surface area contributed by atoms with Crippen molar-refractivity contribution in [3.63, 3.8) is 0 Å². The fraction of sp³-hybridized carbons (Fsp3) is 0.167. The van der Waals surface area contributed by atoms with E-state index in [2.05, 4.69) is 15.5 Å². The number of nitrogens with one attached hydrogen (secondary N) is 1. The summed E-state index contributed by atoms with van der Waals surface area (Å²) in [5.74, 6) is 6.73. The molecule has 0 atom stereocenters. The van der Waals surface area contributed by atoms with Crippen LogP contribution in [0.1, 0.15) is 5.56 Å². The number of ether oxygens (including phenoxy) is 1. The van der Waals surface area contributed by atoms with Crippen LogP contribution in [-0.2, 0) is 4.79 Å². The van der Waals surface area contributed by atoms with Crippen LogP contribution in [0.2, 0.25) is 0 Å². The third kappa shape index (κ3) is 4.46. The second-order valence-corrected chi connectivity index (χ2v) is 6.91. The first-order valence-corrected chi connectivity index (χ1v) is 9.41. The molecule has 0 fully saturated rings. The van der Waals surface area contributed by atoms with Gasteiger partial charge in [0.1, 0.15) is 5.75 Å². The van der Waals surface area contributed by atoms with Crippen molar-refractivity contribution in [3.05, 3.63) is 58.1 Å². The summed E-state index contributed by atoms with van der Waals surface area (Å²) >= 11 is 1.09. The van der Waals surface area contributed by atoms with Gasteiger partial charge in [-0.1, -0.05) is 30.0 Å². The van der Waals surface area contributed by atoms with Gasteiger partial charge in [0.15, 0.2) is 5.82 Å². The van der Waals surface area contributed by atoms with E-state index in [0.29, 0.717) is 33.5 Å². The molecule has 2 aromatic carbocycles. The quantitative estimate of drug-likeness (QED) is 0.260. The predicted octanol–water partition coefficient (Wildman–Crippen LogP) is 2.61. The van der Waals surface area contributed by atoms with E-state index in [1.54, 1.807) is 38.3 Å². The number of hydrogen-bond donors (Lipinski definition) is 2. The fourth-order valence-electron chi connectivity index (χ4n) is 2.60. The van der Waals surface area contributed by atoms with E-state index in [1.807, 2.05) is 12.1 Å². The molecule has 0 radical (unpaired) electrons. The van der Waals surface area contributed by atoms with Crippen molar-refractivity contribution in [3.8, 4) is 17.1 Å². The Bertz CT molecular complexity index is 1070. The molecular formula is C18H18N6O4S. The zero-order chi connectivity index (χ0) is 21.0. The largest absolute Gasteiger partial charge is 0.496 e. The van der Waals surface area contributed by atoms with E-state index >= 15 is 0 Å². The van der Waals surface area contributed by atoms with Gasteiger partial charge in [0.25, 0.3) is 5.69 Å². The molecule has 150 valence electrons. The third-order valence-corrected chi connectivity index (χ3v) is 4.98. The molecule has 0 bridgehead atoms. The summed E-state index contributed by atoms with van der Waals surface area (Å²) in [6, 6.07) is 11.8. The number of thioether (sulfide) groups is 1. The maximum atomic E-state index is 12.2. The van der Waals surface area contributed by atoms with Gasteiger partial charge < -0.3 is 15.9 Å². The average molecular weight is 414 g/mol. The Morgan fingerprint density at radius 3 is 2.79 bits per heavy atom. The number of benzene rings is 2. The number of carbonyl (C=O) groups is 1. The van der Waals surface area contributed by atoms with Crippen LogP contribution in [0.15, 0.2) is 47.6 Å². The number of nitrogen functional groups attached to an aromatic ring is 1. The molecule has 11 heteroatoms. The van der Waals surface area contributed by atoms with Crippen LogP contribution in [0.25, 0.3) is 11.4 Å². The van der Waals surface area contributed by atoms with Gasteiger partial charge in [-0.3, -0.25) is 14.9 Å². The number of hydrogen-bond acceptors (Lipinski definition) is 8. The number of anilines is 1. The van der Waals surface area contributed by atoms with Crippen LogP contribution in [0.5, 0.6) is 5.75 Å². The number of nitro groups is 1. The molecular weight excluding hydrogens is 396 g/mol. The number of carbonyl (C=O) groups excluding carboxylic acids is 1. The number of aromatic nitrogens is 3. The predicted molar refractivity (Wildman–Crippen MR) is 109 cm³/mol. The number of para-hydroxylation sites is 1. The lowest BCUT2D eigenvalue weighted by Crippen LogP contribution is -2.16. The number of amides is 1. The molecule has 29 heavy (non-hydrogen) atoms. The molecule has 0 saturated carbocycles. The monoisotopic (exact) mass is 414 g/mol. The highest BCUT2D eigenvalue weighted by Crippen LogP contribution is 2.29. The summed E-state index contributed by atoms with van der Waals surface area (Å²) in [5.41, 5.74) is 1.48. The Morgan fingerprint density at radius 2 is 2.07 bits per heavy atom. The van der Waals surface area contributed by atoms with Gasteiger partial charge in [-0.15, -0.1) is 10.2 Å². The zero-order valence-corrected chi connectivity index (χ0v) is 16.5. The molecule has 0 unspecified atom stereocenters. The molecule has 10 nitrogen and oxygen atoms in total. The number of methoxy groups -OCH3 is 1. The van der Waals surface area contributed by atoms with Crippen molar-refractivity contribution in [1.82, 2.24) is 14.9 Å². The lowest BCUT2D eigenvalue weighted by Gasteiger charge is -2.08. The van der Waals surface area contributed by atoms with Gasteiger partial charge in [-0.2, -0.15) is 0 Å². The Hall–Kier alpha value is -3.60. The molecule has 3 rings (SSSR count). The van der Waals surface area contributed by atoms with Crippen LogP contribution < -0.4 is 15.9 Å². The highest BCUT2D eigenvalue weighted by atomic mass is 32.2. The van der Waals surface area contributed by atoms with Crippen LogP contribution >= 0.6 is 11.8 Å². The topological polar surface area (TPSA) is 138 Å². The molecule has 1 heterocycles. The molecule has 3 aromatic rings. The van der Waals surface area contributed by atoms with Crippen molar-refractivity contribution in [2.75, 3.05) is 24.0 Å². The summed E-state index contributed by atoms with van der Waals surface area (Å²) in [6.45, 7) is 1.63. The molecule has 0 spiro atoms. The van der Waals surface area contributed by atoms with E-state index in [-0.39, 0.29) is 17.3 Å². The first kappa shape index (κ1) is 20.1. The average Bonchev–Trinajstić information content (AvgIpc) is 3.07. The summed E-state index contributed by atoms with van der Waals surface area (Å²) in [4.78, 5) is 22.8. The van der Waals surface area contributed by atoms with E-state index in [1.165, 1.54) is 10.7 Å². The zero-order valence-electron chi connectivity index (χ0n) is 15.7. The Labute approximate surface area is 170 Å². The van der Waals surface area contributed by atoms with Crippen LogP contribution in [0, 0.1) is 17.0 Å². The SMILES string of the molecule is COc1ccccc1-c1nnc(SCC(=O)Nc2ccc(C)c([N+](=O)[O-])c2)n1N. The minimum absolute atomic E-state index is 0.00291. The highest BCUT2D eigenvalue weighted by molar-refractivity contribution is 7.99. The van der Waals surface area contributed by atoms with Crippen molar-refractivity contribution >= 4 is 29.0 Å². The Kier molecular flexibility index (Phi) is 5.98. The lowest BCUT2D eigenvalue weighted by molar-refractivity contribution is -0.385. The number of nitrogens with two attached hydrogens (primary N) is 1. The number of aryl methyl sites for hydroxylation is 1. The van der Waals surface area contributed by atoms with Gasteiger partial charge in [0.05, 0.1) is 23.3 Å². The normalized spacial score (nSPS) is 10.6. The number of rotatable bonds is 7. The third-order valence-electron chi connectivity index (χ3n) is 4.03. The Balaban J connectivity index is 1.68. The summed E-state index contributed by atoms with van der Waals surface area (Å²) in [5, 5.41) is 22.1. The van der Waals surface area contributed by atoms with Crippen LogP contribution in [0.3, 0.4) is 0 Å². The smallest absolute Gasteiger partial charge is 0.274 e. The van der Waals surface area contributed by atoms with Crippen molar-refractivity contribution in [2.45, 2.75) is 12.1 Å². The molecule has 0 aliphatic carbocycles. The number of nitro benzene ring substituents is 1. The Morgan fingerprint density at radius 1 is 1.31 bits per heavy atom. The van der Waals surface area contributed by atoms with Crippen molar-refractivity contribution in [1.29, 1.82) is 0 Å². The number of nitrogens with zero attached hydrogens (tertiary/aromatic N) is 4.